The fraction of sp³-hybridized carbons (Fsp3) is 0.286. The molecule has 0 spiro atoms. The molecule has 2 aromatic heterocycles. The number of nitriles is 1. The van der Waals surface area contributed by atoms with Crippen molar-refractivity contribution in [3.63, 3.8) is 0 Å². The second-order valence-corrected chi connectivity index (χ2v) is 10.1. The van der Waals surface area contributed by atoms with Gasteiger partial charge in [0.2, 0.25) is 0 Å². The molecule has 1 saturated heterocycles. The number of benzene rings is 1. The third kappa shape index (κ3) is 4.23. The van der Waals surface area contributed by atoms with Gasteiger partial charge in [0.25, 0.3) is 11.8 Å². The molecule has 0 atom stereocenters. The lowest BCUT2D eigenvalue weighted by molar-refractivity contribution is -0.122. The molecule has 3 heterocycles. The van der Waals surface area contributed by atoms with Gasteiger partial charge in [-0.1, -0.05) is 0 Å². The van der Waals surface area contributed by atoms with Crippen LogP contribution >= 0.6 is 11.3 Å². The molecule has 1 aromatic carbocycles. The van der Waals surface area contributed by atoms with Crippen LogP contribution in [-0.4, -0.2) is 29.0 Å². The fourth-order valence-corrected chi connectivity index (χ4v) is 6.43. The topological polar surface area (TPSA) is 104 Å². The van der Waals surface area contributed by atoms with Crippen molar-refractivity contribution in [2.75, 3.05) is 11.5 Å². The highest BCUT2D eigenvalue weighted by molar-refractivity contribution is 7.15. The van der Waals surface area contributed by atoms with Crippen molar-refractivity contribution in [1.82, 2.24) is 9.88 Å². The van der Waals surface area contributed by atoms with E-state index in [0.717, 1.165) is 52.5 Å². The Kier molecular flexibility index (Phi) is 6.44. The van der Waals surface area contributed by atoms with Gasteiger partial charge in [0.15, 0.2) is 0 Å². The molecular weight excluding hydrogens is 488 g/mol. The summed E-state index contributed by atoms with van der Waals surface area (Å²) in [5.41, 5.74) is 4.42. The van der Waals surface area contributed by atoms with Gasteiger partial charge in [-0.05, 0) is 94.0 Å². The SMILES string of the molecule is CCOc1ccc(N2C(=O)NC(=O)C(=Cc3cc(C)n(-c4sc5c(c4C#N)CCCC5)c3C)C2=O)cc1. The average Bonchev–Trinajstić information content (AvgIpc) is 3.38. The predicted molar refractivity (Wildman–Crippen MR) is 141 cm³/mol. The van der Waals surface area contributed by atoms with E-state index in [0.29, 0.717) is 29.2 Å². The van der Waals surface area contributed by atoms with Gasteiger partial charge in [-0.2, -0.15) is 5.26 Å². The zero-order chi connectivity index (χ0) is 26.3. The summed E-state index contributed by atoms with van der Waals surface area (Å²) in [6.07, 6.45) is 5.62. The molecule has 0 bridgehead atoms. The number of aromatic nitrogens is 1. The lowest BCUT2D eigenvalue weighted by Gasteiger charge is -2.26. The Labute approximate surface area is 218 Å². The average molecular weight is 515 g/mol. The van der Waals surface area contributed by atoms with E-state index in [2.05, 4.69) is 11.4 Å². The van der Waals surface area contributed by atoms with Crippen molar-refractivity contribution < 1.29 is 19.1 Å². The first-order valence-corrected chi connectivity index (χ1v) is 13.0. The molecule has 5 rings (SSSR count). The molecule has 8 nitrogen and oxygen atoms in total. The van der Waals surface area contributed by atoms with E-state index in [1.807, 2.05) is 31.4 Å². The normalized spacial score (nSPS) is 16.5. The highest BCUT2D eigenvalue weighted by Gasteiger charge is 2.37. The van der Waals surface area contributed by atoms with Crippen LogP contribution in [0.3, 0.4) is 0 Å². The summed E-state index contributed by atoms with van der Waals surface area (Å²) in [5, 5.41) is 13.1. The van der Waals surface area contributed by atoms with Gasteiger partial charge >= 0.3 is 6.03 Å². The zero-order valence-electron chi connectivity index (χ0n) is 20.9. The van der Waals surface area contributed by atoms with Crippen LogP contribution < -0.4 is 15.0 Å². The first-order chi connectivity index (χ1) is 17.8. The lowest BCUT2D eigenvalue weighted by atomic mass is 9.96. The Morgan fingerprint density at radius 3 is 2.57 bits per heavy atom. The molecule has 0 radical (unpaired) electrons. The molecule has 2 aliphatic rings. The number of hydrogen-bond donors (Lipinski definition) is 1. The van der Waals surface area contributed by atoms with Crippen molar-refractivity contribution in [1.29, 1.82) is 5.26 Å². The number of nitrogens with zero attached hydrogens (tertiary/aromatic N) is 3. The maximum absolute atomic E-state index is 13.4. The third-order valence-corrected chi connectivity index (χ3v) is 8.02. The molecule has 1 fully saturated rings. The van der Waals surface area contributed by atoms with Crippen molar-refractivity contribution >= 4 is 40.9 Å². The number of anilines is 1. The highest BCUT2D eigenvalue weighted by atomic mass is 32.1. The van der Waals surface area contributed by atoms with Gasteiger partial charge in [-0.15, -0.1) is 11.3 Å². The monoisotopic (exact) mass is 514 g/mol. The van der Waals surface area contributed by atoms with Crippen molar-refractivity contribution in [2.45, 2.75) is 46.5 Å². The predicted octanol–water partition coefficient (Wildman–Crippen LogP) is 4.97. The number of fused-ring (bicyclic) bond motifs is 1. The van der Waals surface area contributed by atoms with Crippen LogP contribution in [0, 0.1) is 25.2 Å². The number of thiophene rings is 1. The second kappa shape index (κ2) is 9.71. The largest absolute Gasteiger partial charge is 0.494 e. The van der Waals surface area contributed by atoms with E-state index >= 15 is 0 Å². The number of carbonyl (C=O) groups is 3. The number of barbiturate groups is 1. The van der Waals surface area contributed by atoms with E-state index in [9.17, 15) is 19.6 Å². The standard InChI is InChI=1S/C28H26N4O4S/c1-4-36-20-11-9-19(10-12-20)32-26(34)22(25(33)30-28(32)35)14-18-13-16(2)31(17(18)3)27-23(15-29)21-7-5-6-8-24(21)37-27/h9-14H,4-8H2,1-3H3,(H,30,33,35). The Morgan fingerprint density at radius 2 is 1.86 bits per heavy atom. The third-order valence-electron chi connectivity index (χ3n) is 6.75. The quantitative estimate of drug-likeness (QED) is 0.382. The minimum absolute atomic E-state index is 0.139. The Hall–Kier alpha value is -4.16. The summed E-state index contributed by atoms with van der Waals surface area (Å²) in [6.45, 7) is 6.20. The number of carbonyl (C=O) groups excluding carboxylic acids is 3. The maximum Gasteiger partial charge on any atom is 0.335 e. The molecule has 4 amide bonds. The first-order valence-electron chi connectivity index (χ1n) is 12.2. The maximum atomic E-state index is 13.4. The van der Waals surface area contributed by atoms with Crippen LogP contribution in [0.1, 0.15) is 52.7 Å². The second-order valence-electron chi connectivity index (χ2n) is 9.05. The molecule has 3 aromatic rings. The number of imide groups is 2. The Morgan fingerprint density at radius 1 is 1.14 bits per heavy atom. The van der Waals surface area contributed by atoms with E-state index in [-0.39, 0.29) is 5.57 Å². The zero-order valence-corrected chi connectivity index (χ0v) is 21.7. The fourth-order valence-electron chi connectivity index (χ4n) is 4.98. The van der Waals surface area contributed by atoms with Gasteiger partial charge in [0.05, 0.1) is 17.9 Å². The van der Waals surface area contributed by atoms with E-state index < -0.39 is 17.8 Å². The minimum Gasteiger partial charge on any atom is -0.494 e. The highest BCUT2D eigenvalue weighted by Crippen LogP contribution is 2.38. The lowest BCUT2D eigenvalue weighted by Crippen LogP contribution is -2.54. The van der Waals surface area contributed by atoms with E-state index in [1.54, 1.807) is 35.6 Å². The molecule has 1 aliphatic heterocycles. The van der Waals surface area contributed by atoms with Crippen molar-refractivity contribution in [2.24, 2.45) is 0 Å². The number of hydrogen-bond acceptors (Lipinski definition) is 6. The van der Waals surface area contributed by atoms with Crippen LogP contribution in [0.5, 0.6) is 5.75 Å². The number of ether oxygens (including phenoxy) is 1. The molecule has 1 aliphatic carbocycles. The smallest absolute Gasteiger partial charge is 0.335 e. The number of amides is 4. The van der Waals surface area contributed by atoms with E-state index in [4.69, 9.17) is 4.74 Å². The summed E-state index contributed by atoms with van der Waals surface area (Å²) in [5.74, 6) is -0.833. The number of aryl methyl sites for hydroxylation is 2. The van der Waals surface area contributed by atoms with Gasteiger partial charge in [0, 0.05) is 16.3 Å². The summed E-state index contributed by atoms with van der Waals surface area (Å²) in [4.78, 5) is 40.9. The summed E-state index contributed by atoms with van der Waals surface area (Å²) >= 11 is 1.64. The molecule has 37 heavy (non-hydrogen) atoms. The Balaban J connectivity index is 1.53. The van der Waals surface area contributed by atoms with Gasteiger partial charge < -0.3 is 9.30 Å². The van der Waals surface area contributed by atoms with Crippen LogP contribution in [0.25, 0.3) is 11.1 Å². The van der Waals surface area contributed by atoms with Crippen molar-refractivity contribution in [3.05, 3.63) is 68.9 Å². The number of urea groups is 1. The summed E-state index contributed by atoms with van der Waals surface area (Å²) in [6, 6.07) is 10.0. The first kappa shape index (κ1) is 24.5. The Bertz CT molecular complexity index is 1500. The molecule has 1 N–H and O–H groups in total. The van der Waals surface area contributed by atoms with Gasteiger partial charge in [-0.25, -0.2) is 9.69 Å². The van der Waals surface area contributed by atoms with Gasteiger partial charge in [-0.3, -0.25) is 14.9 Å². The minimum atomic E-state index is -0.801. The summed E-state index contributed by atoms with van der Waals surface area (Å²) < 4.78 is 7.46. The van der Waals surface area contributed by atoms with Crippen molar-refractivity contribution in [3.8, 4) is 16.8 Å². The van der Waals surface area contributed by atoms with Crippen LogP contribution in [-0.2, 0) is 22.4 Å². The van der Waals surface area contributed by atoms with Crippen LogP contribution in [0.2, 0.25) is 0 Å². The molecule has 9 heteroatoms. The van der Waals surface area contributed by atoms with Gasteiger partial charge in [0.1, 0.15) is 22.4 Å². The summed E-state index contributed by atoms with van der Waals surface area (Å²) in [7, 11) is 0. The number of nitrogens with one attached hydrogen (secondary N) is 1. The number of rotatable bonds is 5. The van der Waals surface area contributed by atoms with E-state index in [1.165, 1.54) is 11.0 Å². The molecule has 188 valence electrons. The van der Waals surface area contributed by atoms with Crippen LogP contribution in [0.4, 0.5) is 10.5 Å². The molecule has 0 unspecified atom stereocenters. The molecule has 0 saturated carbocycles. The van der Waals surface area contributed by atoms with Crippen LogP contribution in [0.15, 0.2) is 35.9 Å². The molecular formula is C28H26N4O4S.